The number of ether oxygens (including phenoxy) is 1. The third-order valence-electron chi connectivity index (χ3n) is 10.9. The number of hydrogen-bond acceptors (Lipinski definition) is 2. The van der Waals surface area contributed by atoms with Crippen molar-refractivity contribution in [1.29, 1.82) is 0 Å². The summed E-state index contributed by atoms with van der Waals surface area (Å²) < 4.78 is 32.0. The van der Waals surface area contributed by atoms with Gasteiger partial charge in [-0.05, 0) is 91.3 Å². The van der Waals surface area contributed by atoms with E-state index >= 15 is 0 Å². The van der Waals surface area contributed by atoms with Crippen molar-refractivity contribution in [2.24, 2.45) is 46.3 Å². The first kappa shape index (κ1) is 26.1. The number of alkyl halides is 2. The molecule has 34 heavy (non-hydrogen) atoms. The fraction of sp³-hybridized carbons (Fsp3) is 0.900. The SMILES string of the molecule is CC(C)CCC[C@@H](C)[C@H]1CC[C@H]2[C@@H]3CC=C4CC(OC(=O)C(C)(F)F)CC[C@]4(C)[C@H]3CC[C@]12C. The molecule has 4 aliphatic carbocycles. The van der Waals surface area contributed by atoms with E-state index in [1.165, 1.54) is 50.5 Å². The van der Waals surface area contributed by atoms with Gasteiger partial charge in [-0.3, -0.25) is 0 Å². The number of esters is 1. The Bertz CT molecular complexity index is 783. The van der Waals surface area contributed by atoms with Crippen LogP contribution in [0.1, 0.15) is 112 Å². The van der Waals surface area contributed by atoms with E-state index in [1.54, 1.807) is 0 Å². The molecule has 4 rings (SSSR count). The van der Waals surface area contributed by atoms with Crippen LogP contribution in [0.3, 0.4) is 0 Å². The number of halogens is 2. The fourth-order valence-electron chi connectivity index (χ4n) is 9.01. The topological polar surface area (TPSA) is 26.3 Å². The van der Waals surface area contributed by atoms with Crippen molar-refractivity contribution in [1.82, 2.24) is 0 Å². The average Bonchev–Trinajstić information content (AvgIpc) is 3.10. The zero-order valence-corrected chi connectivity index (χ0v) is 22.5. The predicted molar refractivity (Wildman–Crippen MR) is 134 cm³/mol. The normalized spacial score (nSPS) is 40.7. The number of carbonyl (C=O) groups excluding carboxylic acids is 1. The fourth-order valence-corrected chi connectivity index (χ4v) is 9.01. The molecule has 0 heterocycles. The molecule has 2 nitrogen and oxygen atoms in total. The third-order valence-corrected chi connectivity index (χ3v) is 10.9. The first-order valence-electron chi connectivity index (χ1n) is 14.1. The molecule has 4 aliphatic rings. The largest absolute Gasteiger partial charge is 0.458 e. The van der Waals surface area contributed by atoms with Crippen LogP contribution < -0.4 is 0 Å². The van der Waals surface area contributed by atoms with E-state index in [1.807, 2.05) is 0 Å². The molecule has 0 aliphatic heterocycles. The number of allylic oxidation sites excluding steroid dienone is 1. The van der Waals surface area contributed by atoms with Gasteiger partial charge in [-0.2, -0.15) is 8.78 Å². The van der Waals surface area contributed by atoms with Crippen LogP contribution in [0.4, 0.5) is 8.78 Å². The second-order valence-corrected chi connectivity index (χ2v) is 13.4. The number of hydrogen-bond donors (Lipinski definition) is 0. The van der Waals surface area contributed by atoms with Crippen molar-refractivity contribution in [2.75, 3.05) is 0 Å². The van der Waals surface area contributed by atoms with Crippen molar-refractivity contribution in [2.45, 2.75) is 124 Å². The zero-order valence-electron chi connectivity index (χ0n) is 22.5. The van der Waals surface area contributed by atoms with Crippen molar-refractivity contribution in [3.8, 4) is 0 Å². The molecule has 194 valence electrons. The van der Waals surface area contributed by atoms with Gasteiger partial charge in [0.05, 0.1) is 0 Å². The molecule has 3 saturated carbocycles. The average molecular weight is 479 g/mol. The lowest BCUT2D eigenvalue weighted by Gasteiger charge is -2.58. The van der Waals surface area contributed by atoms with E-state index < -0.39 is 18.0 Å². The van der Waals surface area contributed by atoms with Gasteiger partial charge in [0.15, 0.2) is 0 Å². The summed E-state index contributed by atoms with van der Waals surface area (Å²) in [6.45, 7) is 12.9. The lowest BCUT2D eigenvalue weighted by atomic mass is 9.47. The summed E-state index contributed by atoms with van der Waals surface area (Å²) in [6, 6.07) is 0. The third kappa shape index (κ3) is 4.73. The Balaban J connectivity index is 1.44. The number of rotatable bonds is 7. The van der Waals surface area contributed by atoms with Crippen LogP contribution in [0.25, 0.3) is 0 Å². The van der Waals surface area contributed by atoms with Gasteiger partial charge in [0.2, 0.25) is 0 Å². The van der Waals surface area contributed by atoms with Crippen molar-refractivity contribution in [3.63, 3.8) is 0 Å². The highest BCUT2D eigenvalue weighted by molar-refractivity contribution is 5.77. The molecule has 0 aromatic carbocycles. The summed E-state index contributed by atoms with van der Waals surface area (Å²) in [6.07, 6.45) is 14.9. The maximum atomic E-state index is 13.4. The lowest BCUT2D eigenvalue weighted by Crippen LogP contribution is -2.51. The van der Waals surface area contributed by atoms with Gasteiger partial charge >= 0.3 is 11.9 Å². The van der Waals surface area contributed by atoms with Crippen LogP contribution in [0.15, 0.2) is 11.6 Å². The first-order valence-corrected chi connectivity index (χ1v) is 14.1. The minimum atomic E-state index is -3.41. The Hall–Kier alpha value is -0.930. The molecule has 8 atom stereocenters. The number of fused-ring (bicyclic) bond motifs is 5. The summed E-state index contributed by atoms with van der Waals surface area (Å²) >= 11 is 0. The minimum Gasteiger partial charge on any atom is -0.458 e. The Kier molecular flexibility index (Phi) is 7.31. The number of carbonyl (C=O) groups is 1. The van der Waals surface area contributed by atoms with Crippen LogP contribution in [-0.2, 0) is 9.53 Å². The van der Waals surface area contributed by atoms with Gasteiger partial charge in [0, 0.05) is 13.3 Å². The van der Waals surface area contributed by atoms with Crippen LogP contribution in [0, 0.1) is 46.3 Å². The predicted octanol–water partition coefficient (Wildman–Crippen LogP) is 8.59. The van der Waals surface area contributed by atoms with E-state index in [9.17, 15) is 13.6 Å². The molecule has 0 bridgehead atoms. The molecule has 1 unspecified atom stereocenters. The summed E-state index contributed by atoms with van der Waals surface area (Å²) in [5.74, 6) is -0.0611. The molecule has 4 heteroatoms. The highest BCUT2D eigenvalue weighted by atomic mass is 19.3. The van der Waals surface area contributed by atoms with Crippen molar-refractivity contribution in [3.05, 3.63) is 11.6 Å². The molecule has 3 fully saturated rings. The van der Waals surface area contributed by atoms with Crippen LogP contribution in [0.2, 0.25) is 0 Å². The molecule has 0 saturated heterocycles. The van der Waals surface area contributed by atoms with E-state index in [4.69, 9.17) is 4.74 Å². The summed E-state index contributed by atoms with van der Waals surface area (Å²) in [7, 11) is 0. The molecule has 0 aromatic rings. The summed E-state index contributed by atoms with van der Waals surface area (Å²) in [4.78, 5) is 11.8. The molecule has 0 amide bonds. The summed E-state index contributed by atoms with van der Waals surface area (Å²) in [5, 5.41) is 0. The van der Waals surface area contributed by atoms with Gasteiger partial charge in [-0.15, -0.1) is 0 Å². The molecular formula is C30H48F2O2. The van der Waals surface area contributed by atoms with Crippen molar-refractivity contribution < 1.29 is 18.3 Å². The monoisotopic (exact) mass is 478 g/mol. The van der Waals surface area contributed by atoms with E-state index in [0.717, 1.165) is 42.4 Å². The molecule has 0 spiro atoms. The molecule has 0 aromatic heterocycles. The Labute approximate surface area is 206 Å². The molecule has 0 N–H and O–H groups in total. The van der Waals surface area contributed by atoms with Gasteiger partial charge in [-0.25, -0.2) is 4.79 Å². The van der Waals surface area contributed by atoms with Gasteiger partial charge < -0.3 is 4.74 Å². The maximum Gasteiger partial charge on any atom is 0.376 e. The Morgan fingerprint density at radius 2 is 1.82 bits per heavy atom. The van der Waals surface area contributed by atoms with Crippen LogP contribution in [-0.4, -0.2) is 18.0 Å². The zero-order chi connectivity index (χ0) is 24.9. The van der Waals surface area contributed by atoms with E-state index in [2.05, 4.69) is 40.7 Å². The van der Waals surface area contributed by atoms with Gasteiger partial charge in [0.25, 0.3) is 0 Å². The minimum absolute atomic E-state index is 0.142. The highest BCUT2D eigenvalue weighted by Crippen LogP contribution is 2.67. The second-order valence-electron chi connectivity index (χ2n) is 13.4. The van der Waals surface area contributed by atoms with Gasteiger partial charge in [0.1, 0.15) is 6.10 Å². The lowest BCUT2D eigenvalue weighted by molar-refractivity contribution is -0.177. The van der Waals surface area contributed by atoms with Crippen molar-refractivity contribution >= 4 is 5.97 Å². The molecular weight excluding hydrogens is 430 g/mol. The highest BCUT2D eigenvalue weighted by Gasteiger charge is 2.59. The molecule has 0 radical (unpaired) electrons. The van der Waals surface area contributed by atoms with Crippen LogP contribution >= 0.6 is 0 Å². The Morgan fingerprint density at radius 1 is 1.09 bits per heavy atom. The quantitative estimate of drug-likeness (QED) is 0.270. The van der Waals surface area contributed by atoms with E-state index in [-0.39, 0.29) is 5.41 Å². The first-order chi connectivity index (χ1) is 15.9. The summed E-state index contributed by atoms with van der Waals surface area (Å²) in [5.41, 5.74) is 1.99. The van der Waals surface area contributed by atoms with E-state index in [0.29, 0.717) is 31.1 Å². The van der Waals surface area contributed by atoms with Crippen LogP contribution in [0.5, 0.6) is 0 Å². The maximum absolute atomic E-state index is 13.4. The standard InChI is InChI=1S/C30H48F2O2/c1-19(2)8-7-9-20(3)24-12-13-25-23-11-10-21-18-22(34-27(33)30(6,31)32)14-16-28(21,4)26(23)15-17-29(24,25)5/h10,19-20,22-26H,7-9,11-18H2,1-6H3/t20-,22?,23+,24-,25+,26+,28+,29-/m1/s1. The second kappa shape index (κ2) is 9.51. The van der Waals surface area contributed by atoms with Gasteiger partial charge in [-0.1, -0.05) is 65.5 Å². The Morgan fingerprint density at radius 3 is 2.50 bits per heavy atom. The smallest absolute Gasteiger partial charge is 0.376 e.